The Hall–Kier alpha value is -2.01. The lowest BCUT2D eigenvalue weighted by molar-refractivity contribution is 0.176. The number of hydrogen-bond donors (Lipinski definition) is 2. The van der Waals surface area contributed by atoms with Gasteiger partial charge in [0.2, 0.25) is 5.43 Å². The highest BCUT2D eigenvalue weighted by molar-refractivity contribution is 5.32. The van der Waals surface area contributed by atoms with Gasteiger partial charge in [0.15, 0.2) is 11.9 Å². The average molecular weight is 221 g/mol. The van der Waals surface area contributed by atoms with Crippen molar-refractivity contribution in [2.75, 3.05) is 0 Å². The standard InChI is InChI=1S/C11H11NO4/c1-12-5-4-7(13)10(14)9(12)11(15)8-3-2-6-16-8/h2-6,11,14-15H,1H3. The largest absolute Gasteiger partial charge is 0.503 e. The molecule has 5 heteroatoms. The number of pyridine rings is 1. The Morgan fingerprint density at radius 1 is 1.44 bits per heavy atom. The molecule has 1 unspecified atom stereocenters. The topological polar surface area (TPSA) is 75.6 Å². The number of aliphatic hydroxyl groups excluding tert-OH is 1. The number of aromatic nitrogens is 1. The van der Waals surface area contributed by atoms with Gasteiger partial charge in [-0.15, -0.1) is 0 Å². The van der Waals surface area contributed by atoms with Crippen LogP contribution in [-0.2, 0) is 7.05 Å². The molecule has 0 saturated carbocycles. The maximum atomic E-state index is 11.3. The summed E-state index contributed by atoms with van der Waals surface area (Å²) >= 11 is 0. The number of nitrogens with zero attached hydrogens (tertiary/aromatic N) is 1. The summed E-state index contributed by atoms with van der Waals surface area (Å²) in [5.74, 6) is -0.189. The zero-order chi connectivity index (χ0) is 11.7. The minimum Gasteiger partial charge on any atom is -0.503 e. The van der Waals surface area contributed by atoms with Crippen LogP contribution in [0.15, 0.2) is 39.9 Å². The molecule has 84 valence electrons. The van der Waals surface area contributed by atoms with Gasteiger partial charge in [0.05, 0.1) is 6.26 Å². The highest BCUT2D eigenvalue weighted by Crippen LogP contribution is 2.26. The normalized spacial score (nSPS) is 12.6. The minimum atomic E-state index is -1.16. The molecule has 0 aliphatic rings. The van der Waals surface area contributed by atoms with Gasteiger partial charge < -0.3 is 19.2 Å². The van der Waals surface area contributed by atoms with Crippen molar-refractivity contribution in [1.82, 2.24) is 4.57 Å². The molecule has 0 aliphatic carbocycles. The fourth-order valence-corrected chi connectivity index (χ4v) is 1.54. The van der Waals surface area contributed by atoms with Crippen molar-refractivity contribution in [3.8, 4) is 5.75 Å². The Morgan fingerprint density at radius 2 is 2.19 bits per heavy atom. The van der Waals surface area contributed by atoms with E-state index in [2.05, 4.69) is 0 Å². The summed E-state index contributed by atoms with van der Waals surface area (Å²) in [6.45, 7) is 0. The number of rotatable bonds is 2. The maximum absolute atomic E-state index is 11.3. The third-order valence-corrected chi connectivity index (χ3v) is 2.38. The zero-order valence-electron chi connectivity index (χ0n) is 8.62. The van der Waals surface area contributed by atoms with Crippen molar-refractivity contribution in [2.45, 2.75) is 6.10 Å². The maximum Gasteiger partial charge on any atom is 0.223 e. The lowest BCUT2D eigenvalue weighted by atomic mass is 10.1. The van der Waals surface area contributed by atoms with Crippen LogP contribution in [0.1, 0.15) is 17.6 Å². The Bertz CT molecular complexity index is 542. The molecular formula is C11H11NO4. The van der Waals surface area contributed by atoms with Crippen molar-refractivity contribution in [2.24, 2.45) is 7.05 Å². The monoisotopic (exact) mass is 221 g/mol. The van der Waals surface area contributed by atoms with Crippen LogP contribution in [-0.4, -0.2) is 14.8 Å². The van der Waals surface area contributed by atoms with Crippen LogP contribution in [0.25, 0.3) is 0 Å². The Labute approximate surface area is 91.2 Å². The van der Waals surface area contributed by atoms with Gasteiger partial charge in [-0.3, -0.25) is 4.79 Å². The second kappa shape index (κ2) is 3.86. The Kier molecular flexibility index (Phi) is 2.54. The van der Waals surface area contributed by atoms with Crippen molar-refractivity contribution < 1.29 is 14.6 Å². The molecule has 2 N–H and O–H groups in total. The minimum absolute atomic E-state index is 0.113. The molecule has 2 aromatic rings. The molecule has 0 aliphatic heterocycles. The number of hydrogen-bond acceptors (Lipinski definition) is 4. The number of aliphatic hydroxyl groups is 1. The summed E-state index contributed by atoms with van der Waals surface area (Å²) in [6.07, 6.45) is 1.73. The fraction of sp³-hybridized carbons (Fsp3) is 0.182. The van der Waals surface area contributed by atoms with Gasteiger partial charge in [-0.1, -0.05) is 0 Å². The first kappa shape index (κ1) is 10.5. The summed E-state index contributed by atoms with van der Waals surface area (Å²) < 4.78 is 6.50. The lowest BCUT2D eigenvalue weighted by Crippen LogP contribution is -2.14. The molecule has 5 nitrogen and oxygen atoms in total. The number of aromatic hydroxyl groups is 1. The Balaban J connectivity index is 2.56. The highest BCUT2D eigenvalue weighted by Gasteiger charge is 2.20. The first-order chi connectivity index (χ1) is 7.61. The van der Waals surface area contributed by atoms with E-state index >= 15 is 0 Å². The van der Waals surface area contributed by atoms with Crippen LogP contribution in [0.5, 0.6) is 5.75 Å². The molecule has 0 amide bonds. The zero-order valence-corrected chi connectivity index (χ0v) is 8.62. The van der Waals surface area contributed by atoms with Gasteiger partial charge in [-0.2, -0.15) is 0 Å². The molecule has 2 aromatic heterocycles. The van der Waals surface area contributed by atoms with Crippen LogP contribution in [0.2, 0.25) is 0 Å². The van der Waals surface area contributed by atoms with Gasteiger partial charge in [-0.25, -0.2) is 0 Å². The van der Waals surface area contributed by atoms with Crippen LogP contribution < -0.4 is 5.43 Å². The molecule has 0 radical (unpaired) electrons. The van der Waals surface area contributed by atoms with Gasteiger partial charge in [0, 0.05) is 19.3 Å². The predicted molar refractivity (Wildman–Crippen MR) is 56.1 cm³/mol. The van der Waals surface area contributed by atoms with E-state index in [0.29, 0.717) is 0 Å². The molecule has 0 bridgehead atoms. The SMILES string of the molecule is Cn1ccc(=O)c(O)c1C(O)c1ccco1. The number of aryl methyl sites for hydroxylation is 1. The summed E-state index contributed by atoms with van der Waals surface area (Å²) in [6, 6.07) is 4.42. The second-order valence-corrected chi connectivity index (χ2v) is 3.44. The molecule has 2 rings (SSSR count). The van der Waals surface area contributed by atoms with E-state index in [1.165, 1.54) is 23.1 Å². The van der Waals surface area contributed by atoms with E-state index in [0.717, 1.165) is 0 Å². The molecular weight excluding hydrogens is 210 g/mol. The van der Waals surface area contributed by atoms with Gasteiger partial charge >= 0.3 is 0 Å². The molecule has 2 heterocycles. The van der Waals surface area contributed by atoms with Crippen LogP contribution in [0.4, 0.5) is 0 Å². The first-order valence-corrected chi connectivity index (χ1v) is 4.71. The van der Waals surface area contributed by atoms with E-state index in [9.17, 15) is 15.0 Å². The van der Waals surface area contributed by atoms with Crippen LogP contribution in [0.3, 0.4) is 0 Å². The quantitative estimate of drug-likeness (QED) is 0.785. The smallest absolute Gasteiger partial charge is 0.223 e. The summed E-state index contributed by atoms with van der Waals surface area (Å²) in [5, 5.41) is 19.6. The van der Waals surface area contributed by atoms with Gasteiger partial charge in [0.1, 0.15) is 11.5 Å². The second-order valence-electron chi connectivity index (χ2n) is 3.44. The predicted octanol–water partition coefficient (Wildman–Crippen LogP) is 0.766. The average Bonchev–Trinajstić information content (AvgIpc) is 2.77. The van der Waals surface area contributed by atoms with Crippen molar-refractivity contribution in [3.05, 3.63) is 52.3 Å². The van der Waals surface area contributed by atoms with E-state index in [-0.39, 0.29) is 11.5 Å². The molecule has 0 aromatic carbocycles. The third-order valence-electron chi connectivity index (χ3n) is 2.38. The third kappa shape index (κ3) is 1.61. The summed E-state index contributed by atoms with van der Waals surface area (Å²) in [5.41, 5.74) is -0.416. The van der Waals surface area contributed by atoms with E-state index in [4.69, 9.17) is 4.42 Å². The van der Waals surface area contributed by atoms with Crippen LogP contribution >= 0.6 is 0 Å². The fourth-order valence-electron chi connectivity index (χ4n) is 1.54. The van der Waals surface area contributed by atoms with Crippen molar-refractivity contribution in [1.29, 1.82) is 0 Å². The Morgan fingerprint density at radius 3 is 2.81 bits per heavy atom. The van der Waals surface area contributed by atoms with E-state index in [1.807, 2.05) is 0 Å². The summed E-state index contributed by atoms with van der Waals surface area (Å²) in [7, 11) is 1.63. The van der Waals surface area contributed by atoms with Crippen LogP contribution in [0, 0.1) is 0 Å². The highest BCUT2D eigenvalue weighted by atomic mass is 16.4. The molecule has 1 atom stereocenters. The molecule has 0 spiro atoms. The molecule has 16 heavy (non-hydrogen) atoms. The van der Waals surface area contributed by atoms with Crippen molar-refractivity contribution >= 4 is 0 Å². The lowest BCUT2D eigenvalue weighted by Gasteiger charge is -2.14. The molecule has 0 fully saturated rings. The summed E-state index contributed by atoms with van der Waals surface area (Å²) in [4.78, 5) is 11.3. The van der Waals surface area contributed by atoms with E-state index < -0.39 is 17.3 Å². The first-order valence-electron chi connectivity index (χ1n) is 4.71. The van der Waals surface area contributed by atoms with Crippen molar-refractivity contribution in [3.63, 3.8) is 0 Å². The molecule has 0 saturated heterocycles. The van der Waals surface area contributed by atoms with E-state index in [1.54, 1.807) is 19.2 Å². The number of furan rings is 1. The van der Waals surface area contributed by atoms with Gasteiger partial charge in [-0.05, 0) is 12.1 Å². The van der Waals surface area contributed by atoms with Gasteiger partial charge in [0.25, 0.3) is 0 Å².